The average molecular weight is 287 g/mol. The maximum absolute atomic E-state index is 12.0. The number of carbonyl (C=O) groups is 1. The molecule has 1 N–H and O–H groups in total. The van der Waals surface area contributed by atoms with Gasteiger partial charge in [-0.05, 0) is 12.1 Å². The van der Waals surface area contributed by atoms with Gasteiger partial charge in [-0.15, -0.1) is 0 Å². The Morgan fingerprint density at radius 1 is 1.29 bits per heavy atom. The van der Waals surface area contributed by atoms with Gasteiger partial charge in [0.25, 0.3) is 5.91 Å². The van der Waals surface area contributed by atoms with Crippen LogP contribution in [0.5, 0.6) is 0 Å². The van der Waals surface area contributed by atoms with E-state index in [-0.39, 0.29) is 5.91 Å². The Morgan fingerprint density at radius 2 is 2.10 bits per heavy atom. The Balaban J connectivity index is 1.65. The number of morpholine rings is 1. The van der Waals surface area contributed by atoms with Crippen molar-refractivity contribution in [3.8, 4) is 0 Å². The number of ether oxygens (including phenoxy) is 1. The molecule has 0 bridgehead atoms. The van der Waals surface area contributed by atoms with Crippen molar-refractivity contribution in [2.24, 2.45) is 7.05 Å². The van der Waals surface area contributed by atoms with Gasteiger partial charge in [-0.2, -0.15) is 5.10 Å². The molecule has 1 aliphatic rings. The van der Waals surface area contributed by atoms with Crippen molar-refractivity contribution in [2.45, 2.75) is 0 Å². The van der Waals surface area contributed by atoms with Gasteiger partial charge < -0.3 is 15.0 Å². The molecule has 7 heteroatoms. The largest absolute Gasteiger partial charge is 0.378 e. The topological polar surface area (TPSA) is 72.3 Å². The second-order valence-electron chi connectivity index (χ2n) is 4.86. The molecule has 2 aromatic rings. The smallest absolute Gasteiger partial charge is 0.260 e. The predicted octanol–water partition coefficient (Wildman–Crippen LogP) is 0.904. The molecule has 110 valence electrons. The van der Waals surface area contributed by atoms with Crippen LogP contribution >= 0.6 is 0 Å². The van der Waals surface area contributed by atoms with Crippen LogP contribution in [0.2, 0.25) is 0 Å². The molecule has 1 saturated heterocycles. The van der Waals surface area contributed by atoms with Crippen molar-refractivity contribution in [3.63, 3.8) is 0 Å². The highest BCUT2D eigenvalue weighted by atomic mass is 16.5. The fraction of sp³-hybridized carbons (Fsp3) is 0.357. The first kappa shape index (κ1) is 13.6. The minimum atomic E-state index is -0.213. The third-order valence-electron chi connectivity index (χ3n) is 3.33. The van der Waals surface area contributed by atoms with Crippen molar-refractivity contribution in [1.82, 2.24) is 14.8 Å². The number of aromatic nitrogens is 3. The first-order valence-electron chi connectivity index (χ1n) is 6.81. The zero-order valence-corrected chi connectivity index (χ0v) is 11.8. The summed E-state index contributed by atoms with van der Waals surface area (Å²) >= 11 is 0. The summed E-state index contributed by atoms with van der Waals surface area (Å²) in [5, 5.41) is 6.73. The number of pyridine rings is 1. The number of anilines is 2. The van der Waals surface area contributed by atoms with Gasteiger partial charge in [-0.3, -0.25) is 9.48 Å². The average Bonchev–Trinajstić information content (AvgIpc) is 2.96. The van der Waals surface area contributed by atoms with E-state index in [1.54, 1.807) is 30.2 Å². The number of aryl methyl sites for hydroxylation is 1. The zero-order valence-electron chi connectivity index (χ0n) is 11.8. The Morgan fingerprint density at radius 3 is 2.71 bits per heavy atom. The highest BCUT2D eigenvalue weighted by Crippen LogP contribution is 2.16. The van der Waals surface area contributed by atoms with Crippen molar-refractivity contribution in [1.29, 1.82) is 0 Å². The SMILES string of the molecule is Cn1cc(C(=O)Nc2ccc(N3CCOCC3)cn2)cn1. The minimum absolute atomic E-state index is 0.213. The van der Waals surface area contributed by atoms with Crippen LogP contribution in [0.4, 0.5) is 11.5 Å². The molecule has 0 saturated carbocycles. The van der Waals surface area contributed by atoms with E-state index in [9.17, 15) is 4.79 Å². The summed E-state index contributed by atoms with van der Waals surface area (Å²) in [5.74, 6) is 0.315. The molecule has 0 aromatic carbocycles. The predicted molar refractivity (Wildman–Crippen MR) is 78.4 cm³/mol. The molecular formula is C14H17N5O2. The van der Waals surface area contributed by atoms with E-state index in [4.69, 9.17) is 4.74 Å². The highest BCUT2D eigenvalue weighted by Gasteiger charge is 2.12. The molecule has 7 nitrogen and oxygen atoms in total. The molecular weight excluding hydrogens is 270 g/mol. The summed E-state index contributed by atoms with van der Waals surface area (Å²) in [4.78, 5) is 18.5. The number of carbonyl (C=O) groups excluding carboxylic acids is 1. The highest BCUT2D eigenvalue weighted by molar-refractivity contribution is 6.03. The Bertz CT molecular complexity index is 617. The van der Waals surface area contributed by atoms with Crippen molar-refractivity contribution < 1.29 is 9.53 Å². The Labute approximate surface area is 122 Å². The van der Waals surface area contributed by atoms with Gasteiger partial charge in [0.15, 0.2) is 0 Å². The van der Waals surface area contributed by atoms with E-state index < -0.39 is 0 Å². The second kappa shape index (κ2) is 5.92. The minimum Gasteiger partial charge on any atom is -0.378 e. The van der Waals surface area contributed by atoms with E-state index in [1.807, 2.05) is 6.07 Å². The Kier molecular flexibility index (Phi) is 3.83. The second-order valence-corrected chi connectivity index (χ2v) is 4.86. The summed E-state index contributed by atoms with van der Waals surface area (Å²) < 4.78 is 6.91. The maximum atomic E-state index is 12.0. The van der Waals surface area contributed by atoms with E-state index in [0.717, 1.165) is 32.0 Å². The third kappa shape index (κ3) is 3.19. The molecule has 0 atom stereocenters. The summed E-state index contributed by atoms with van der Waals surface area (Å²) in [6, 6.07) is 3.76. The van der Waals surface area contributed by atoms with Crippen LogP contribution < -0.4 is 10.2 Å². The van der Waals surface area contributed by atoms with Crippen molar-refractivity contribution in [2.75, 3.05) is 36.5 Å². The van der Waals surface area contributed by atoms with Crippen LogP contribution in [-0.4, -0.2) is 47.0 Å². The van der Waals surface area contributed by atoms with Crippen LogP contribution in [0.25, 0.3) is 0 Å². The number of hydrogen-bond acceptors (Lipinski definition) is 5. The number of amides is 1. The first-order chi connectivity index (χ1) is 10.2. The Hall–Kier alpha value is -2.41. The van der Waals surface area contributed by atoms with E-state index >= 15 is 0 Å². The van der Waals surface area contributed by atoms with Crippen molar-refractivity contribution in [3.05, 3.63) is 36.3 Å². The number of rotatable bonds is 3. The quantitative estimate of drug-likeness (QED) is 0.908. The summed E-state index contributed by atoms with van der Waals surface area (Å²) in [6.45, 7) is 3.20. The summed E-state index contributed by atoms with van der Waals surface area (Å²) in [5.41, 5.74) is 1.55. The number of nitrogens with one attached hydrogen (secondary N) is 1. The monoisotopic (exact) mass is 287 g/mol. The van der Waals surface area contributed by atoms with E-state index in [2.05, 4.69) is 20.3 Å². The van der Waals surface area contributed by atoms with Crippen LogP contribution in [-0.2, 0) is 11.8 Å². The lowest BCUT2D eigenvalue weighted by Crippen LogP contribution is -2.36. The third-order valence-corrected chi connectivity index (χ3v) is 3.33. The summed E-state index contributed by atoms with van der Waals surface area (Å²) in [7, 11) is 1.77. The molecule has 3 heterocycles. The van der Waals surface area contributed by atoms with Gasteiger partial charge >= 0.3 is 0 Å². The number of hydrogen-bond donors (Lipinski definition) is 1. The van der Waals surface area contributed by atoms with Gasteiger partial charge in [0.05, 0.1) is 36.9 Å². The maximum Gasteiger partial charge on any atom is 0.260 e. The zero-order chi connectivity index (χ0) is 14.7. The van der Waals surface area contributed by atoms with E-state index in [1.165, 1.54) is 6.20 Å². The van der Waals surface area contributed by atoms with Crippen LogP contribution in [0, 0.1) is 0 Å². The van der Waals surface area contributed by atoms with E-state index in [0.29, 0.717) is 11.4 Å². The van der Waals surface area contributed by atoms with Gasteiger partial charge in [-0.25, -0.2) is 4.98 Å². The molecule has 0 radical (unpaired) electrons. The summed E-state index contributed by atoms with van der Waals surface area (Å²) in [6.07, 6.45) is 4.96. The lowest BCUT2D eigenvalue weighted by Gasteiger charge is -2.28. The fourth-order valence-corrected chi connectivity index (χ4v) is 2.20. The molecule has 1 amide bonds. The molecule has 1 fully saturated rings. The first-order valence-corrected chi connectivity index (χ1v) is 6.81. The molecule has 2 aromatic heterocycles. The molecule has 1 aliphatic heterocycles. The molecule has 0 aliphatic carbocycles. The normalized spacial score (nSPS) is 15.0. The molecule has 3 rings (SSSR count). The standard InChI is InChI=1S/C14H17N5O2/c1-18-10-11(8-16-18)14(20)17-13-3-2-12(9-15-13)19-4-6-21-7-5-19/h2-3,8-10H,4-7H2,1H3,(H,15,17,20). The lowest BCUT2D eigenvalue weighted by molar-refractivity contribution is 0.102. The number of nitrogens with zero attached hydrogens (tertiary/aromatic N) is 4. The molecule has 0 unspecified atom stereocenters. The molecule has 0 spiro atoms. The van der Waals surface area contributed by atoms with Crippen LogP contribution in [0.3, 0.4) is 0 Å². The van der Waals surface area contributed by atoms with Gasteiger partial charge in [0.1, 0.15) is 5.82 Å². The lowest BCUT2D eigenvalue weighted by atomic mass is 10.3. The van der Waals surface area contributed by atoms with Crippen LogP contribution in [0.15, 0.2) is 30.7 Å². The van der Waals surface area contributed by atoms with Gasteiger partial charge in [0.2, 0.25) is 0 Å². The fourth-order valence-electron chi connectivity index (χ4n) is 2.20. The van der Waals surface area contributed by atoms with Crippen molar-refractivity contribution >= 4 is 17.4 Å². The van der Waals surface area contributed by atoms with Gasteiger partial charge in [0, 0.05) is 26.3 Å². The van der Waals surface area contributed by atoms with Crippen LogP contribution in [0.1, 0.15) is 10.4 Å². The van der Waals surface area contributed by atoms with Gasteiger partial charge in [-0.1, -0.05) is 0 Å². The molecule has 21 heavy (non-hydrogen) atoms.